The molecular formula is C15H20O5. The zero-order valence-electron chi connectivity index (χ0n) is 12.0. The van der Waals surface area contributed by atoms with Gasteiger partial charge >= 0.3 is 5.97 Å². The first kappa shape index (κ1) is 14.7. The van der Waals surface area contributed by atoms with Crippen LogP contribution >= 0.6 is 0 Å². The van der Waals surface area contributed by atoms with E-state index in [-0.39, 0.29) is 24.5 Å². The molecule has 0 aliphatic carbocycles. The number of benzene rings is 1. The van der Waals surface area contributed by atoms with E-state index >= 15 is 0 Å². The molecule has 1 saturated heterocycles. The van der Waals surface area contributed by atoms with Crippen molar-refractivity contribution in [2.75, 3.05) is 7.11 Å². The van der Waals surface area contributed by atoms with Crippen LogP contribution in [0.4, 0.5) is 0 Å². The lowest BCUT2D eigenvalue weighted by Gasteiger charge is -2.33. The molecule has 5 heteroatoms. The largest absolute Gasteiger partial charge is 0.497 e. The van der Waals surface area contributed by atoms with Crippen molar-refractivity contribution in [3.8, 4) is 11.5 Å². The van der Waals surface area contributed by atoms with E-state index in [4.69, 9.17) is 18.9 Å². The topological polar surface area (TPSA) is 54.0 Å². The van der Waals surface area contributed by atoms with E-state index in [1.54, 1.807) is 7.11 Å². The van der Waals surface area contributed by atoms with Crippen LogP contribution in [0.2, 0.25) is 0 Å². The number of ether oxygens (including phenoxy) is 4. The summed E-state index contributed by atoms with van der Waals surface area (Å²) in [5.74, 6) is 1.24. The molecule has 0 aromatic heterocycles. The van der Waals surface area contributed by atoms with Crippen molar-refractivity contribution in [1.29, 1.82) is 0 Å². The van der Waals surface area contributed by atoms with Crippen molar-refractivity contribution in [3.05, 3.63) is 24.3 Å². The number of hydrogen-bond donors (Lipinski definition) is 0. The van der Waals surface area contributed by atoms with Crippen LogP contribution in [0.5, 0.6) is 11.5 Å². The highest BCUT2D eigenvalue weighted by Crippen LogP contribution is 2.25. The van der Waals surface area contributed by atoms with Gasteiger partial charge in [-0.05, 0) is 37.6 Å². The fraction of sp³-hybridized carbons (Fsp3) is 0.533. The summed E-state index contributed by atoms with van der Waals surface area (Å²) in [5.41, 5.74) is 0. The van der Waals surface area contributed by atoms with Gasteiger partial charge in [-0.1, -0.05) is 0 Å². The summed E-state index contributed by atoms with van der Waals surface area (Å²) in [7, 11) is 1.62. The predicted molar refractivity (Wildman–Crippen MR) is 72.7 cm³/mol. The molecule has 0 saturated carbocycles. The first-order chi connectivity index (χ1) is 9.58. The minimum Gasteiger partial charge on any atom is -0.497 e. The fourth-order valence-corrected chi connectivity index (χ4v) is 2.19. The number of carbonyl (C=O) groups excluding carboxylic acids is 1. The molecule has 1 fully saturated rings. The van der Waals surface area contributed by atoms with E-state index in [9.17, 15) is 4.79 Å². The molecule has 5 nitrogen and oxygen atoms in total. The quantitative estimate of drug-likeness (QED) is 0.793. The van der Waals surface area contributed by atoms with E-state index in [0.29, 0.717) is 6.42 Å². The Bertz CT molecular complexity index is 442. The molecule has 20 heavy (non-hydrogen) atoms. The Morgan fingerprint density at radius 3 is 2.40 bits per heavy atom. The molecule has 1 aromatic rings. The minimum absolute atomic E-state index is 0.170. The standard InChI is InChI=1S/C15H20O5/c1-10-14(19-11(2)16)8-9-15(18-10)20-13-6-4-12(17-3)5-7-13/h4-7,10,14-15H,8-9H2,1-3H3/t10-,14-,15-/m0/s1. The van der Waals surface area contributed by atoms with Gasteiger partial charge in [0.05, 0.1) is 13.2 Å². The van der Waals surface area contributed by atoms with E-state index in [0.717, 1.165) is 17.9 Å². The van der Waals surface area contributed by atoms with Gasteiger partial charge < -0.3 is 18.9 Å². The summed E-state index contributed by atoms with van der Waals surface area (Å²) in [6.07, 6.45) is 0.750. The van der Waals surface area contributed by atoms with Crippen LogP contribution in [0.15, 0.2) is 24.3 Å². The molecule has 3 atom stereocenters. The normalized spacial score (nSPS) is 25.9. The molecule has 110 valence electrons. The second kappa shape index (κ2) is 6.61. The van der Waals surface area contributed by atoms with Crippen LogP contribution in [0.1, 0.15) is 26.7 Å². The van der Waals surface area contributed by atoms with Crippen molar-refractivity contribution in [3.63, 3.8) is 0 Å². The van der Waals surface area contributed by atoms with Gasteiger partial charge in [0.2, 0.25) is 0 Å². The smallest absolute Gasteiger partial charge is 0.302 e. The second-order valence-corrected chi connectivity index (χ2v) is 4.79. The second-order valence-electron chi connectivity index (χ2n) is 4.79. The van der Waals surface area contributed by atoms with Crippen LogP contribution in [-0.2, 0) is 14.3 Å². The lowest BCUT2D eigenvalue weighted by molar-refractivity contribution is -0.196. The van der Waals surface area contributed by atoms with E-state index < -0.39 is 0 Å². The predicted octanol–water partition coefficient (Wildman–Crippen LogP) is 2.53. The summed E-state index contributed by atoms with van der Waals surface area (Å²) >= 11 is 0. The Labute approximate surface area is 118 Å². The van der Waals surface area contributed by atoms with E-state index in [2.05, 4.69) is 0 Å². The molecule has 1 aliphatic heterocycles. The number of hydrogen-bond acceptors (Lipinski definition) is 5. The Kier molecular flexibility index (Phi) is 4.84. The minimum atomic E-state index is -0.315. The van der Waals surface area contributed by atoms with Gasteiger partial charge in [-0.2, -0.15) is 0 Å². The Morgan fingerprint density at radius 1 is 1.20 bits per heavy atom. The molecule has 0 spiro atoms. The van der Waals surface area contributed by atoms with E-state index in [1.807, 2.05) is 31.2 Å². The lowest BCUT2D eigenvalue weighted by atomic mass is 10.1. The lowest BCUT2D eigenvalue weighted by Crippen LogP contribution is -2.41. The maximum atomic E-state index is 11.0. The van der Waals surface area contributed by atoms with Gasteiger partial charge in [-0.15, -0.1) is 0 Å². The van der Waals surface area contributed by atoms with Crippen molar-refractivity contribution in [1.82, 2.24) is 0 Å². The summed E-state index contributed by atoms with van der Waals surface area (Å²) in [6.45, 7) is 3.30. The molecule has 1 aromatic carbocycles. The maximum Gasteiger partial charge on any atom is 0.302 e. The van der Waals surface area contributed by atoms with Crippen LogP contribution < -0.4 is 9.47 Å². The van der Waals surface area contributed by atoms with Crippen LogP contribution in [0.3, 0.4) is 0 Å². The molecule has 0 N–H and O–H groups in total. The molecule has 0 bridgehead atoms. The van der Waals surface area contributed by atoms with Crippen molar-refractivity contribution in [2.24, 2.45) is 0 Å². The zero-order valence-corrected chi connectivity index (χ0v) is 12.0. The van der Waals surface area contributed by atoms with Gasteiger partial charge in [0.15, 0.2) is 6.29 Å². The third-order valence-corrected chi connectivity index (χ3v) is 3.22. The monoisotopic (exact) mass is 280 g/mol. The Hall–Kier alpha value is -1.75. The third-order valence-electron chi connectivity index (χ3n) is 3.22. The SMILES string of the molecule is COc1ccc(O[C@H]2CC[C@H](OC(C)=O)[C@H](C)O2)cc1. The Balaban J connectivity index is 1.87. The summed E-state index contributed by atoms with van der Waals surface area (Å²) in [5, 5.41) is 0. The molecule has 0 unspecified atom stereocenters. The zero-order chi connectivity index (χ0) is 14.5. The molecule has 2 rings (SSSR count). The molecule has 0 amide bonds. The van der Waals surface area contributed by atoms with Crippen molar-refractivity contribution in [2.45, 2.75) is 45.2 Å². The van der Waals surface area contributed by atoms with Crippen LogP contribution in [-0.4, -0.2) is 31.6 Å². The van der Waals surface area contributed by atoms with Gasteiger partial charge in [0.25, 0.3) is 0 Å². The average molecular weight is 280 g/mol. The molecule has 0 radical (unpaired) electrons. The number of esters is 1. The third kappa shape index (κ3) is 3.87. The van der Waals surface area contributed by atoms with Crippen molar-refractivity contribution < 1.29 is 23.7 Å². The highest BCUT2D eigenvalue weighted by molar-refractivity contribution is 5.66. The number of methoxy groups -OCH3 is 1. The summed E-state index contributed by atoms with van der Waals surface area (Å²) in [4.78, 5) is 11.0. The summed E-state index contributed by atoms with van der Waals surface area (Å²) in [6, 6.07) is 7.35. The van der Waals surface area contributed by atoms with Gasteiger partial charge in [-0.3, -0.25) is 4.79 Å². The number of rotatable bonds is 4. The first-order valence-electron chi connectivity index (χ1n) is 6.72. The highest BCUT2D eigenvalue weighted by atomic mass is 16.7. The van der Waals surface area contributed by atoms with E-state index in [1.165, 1.54) is 6.92 Å². The molecular weight excluding hydrogens is 260 g/mol. The Morgan fingerprint density at radius 2 is 1.85 bits per heavy atom. The average Bonchev–Trinajstić information content (AvgIpc) is 2.42. The van der Waals surface area contributed by atoms with Crippen molar-refractivity contribution >= 4 is 5.97 Å². The summed E-state index contributed by atoms with van der Waals surface area (Å²) < 4.78 is 21.8. The number of carbonyl (C=O) groups is 1. The van der Waals surface area contributed by atoms with Gasteiger partial charge in [0.1, 0.15) is 17.6 Å². The molecule has 1 aliphatic rings. The first-order valence-corrected chi connectivity index (χ1v) is 6.72. The van der Waals surface area contributed by atoms with Crippen LogP contribution in [0.25, 0.3) is 0 Å². The molecule has 1 heterocycles. The fourth-order valence-electron chi connectivity index (χ4n) is 2.19. The van der Waals surface area contributed by atoms with Gasteiger partial charge in [0, 0.05) is 13.3 Å². The highest BCUT2D eigenvalue weighted by Gasteiger charge is 2.31. The van der Waals surface area contributed by atoms with Gasteiger partial charge in [-0.25, -0.2) is 0 Å². The maximum absolute atomic E-state index is 11.0. The van der Waals surface area contributed by atoms with Crippen LogP contribution in [0, 0.1) is 0 Å².